The molecule has 0 saturated carbocycles. The molecule has 1 unspecified atom stereocenters. The van der Waals surface area contributed by atoms with E-state index in [1.54, 1.807) is 13.2 Å². The van der Waals surface area contributed by atoms with Gasteiger partial charge in [0.15, 0.2) is 0 Å². The van der Waals surface area contributed by atoms with Gasteiger partial charge in [-0.1, -0.05) is 36.4 Å². The van der Waals surface area contributed by atoms with Crippen LogP contribution in [0.25, 0.3) is 10.8 Å². The topological polar surface area (TPSA) is 41.5 Å². The van der Waals surface area contributed by atoms with Crippen LogP contribution in [-0.4, -0.2) is 18.8 Å². The number of fused-ring (bicyclic) bond motifs is 2. The molecule has 1 aliphatic rings. The van der Waals surface area contributed by atoms with Gasteiger partial charge in [-0.2, -0.15) is 0 Å². The molecule has 4 rings (SSSR count). The van der Waals surface area contributed by atoms with Crippen molar-refractivity contribution in [3.8, 4) is 11.5 Å². The standard InChI is InChI=1S/C20H19NO2/c1-23-15-8-6-14-7-9-18(22)19(17(14)12-15)20-16-5-3-2-4-13(16)10-11-21-20/h2-9,12,20-22H,10-11H2,1H3. The molecule has 0 spiro atoms. The summed E-state index contributed by atoms with van der Waals surface area (Å²) in [5.41, 5.74) is 3.51. The van der Waals surface area contributed by atoms with Crippen molar-refractivity contribution in [2.75, 3.05) is 13.7 Å². The van der Waals surface area contributed by atoms with Crippen LogP contribution in [-0.2, 0) is 6.42 Å². The Morgan fingerprint density at radius 3 is 2.78 bits per heavy atom. The summed E-state index contributed by atoms with van der Waals surface area (Å²) in [5, 5.41) is 16.3. The molecule has 0 radical (unpaired) electrons. The molecular weight excluding hydrogens is 286 g/mol. The number of phenolic OH excluding ortho intramolecular Hbond substituents is 1. The zero-order valence-electron chi connectivity index (χ0n) is 13.0. The van der Waals surface area contributed by atoms with E-state index in [2.05, 4.69) is 29.6 Å². The molecule has 3 nitrogen and oxygen atoms in total. The van der Waals surface area contributed by atoms with E-state index >= 15 is 0 Å². The molecule has 1 atom stereocenters. The smallest absolute Gasteiger partial charge is 0.121 e. The van der Waals surface area contributed by atoms with Gasteiger partial charge in [0.1, 0.15) is 11.5 Å². The van der Waals surface area contributed by atoms with Gasteiger partial charge in [-0.15, -0.1) is 0 Å². The SMILES string of the molecule is COc1ccc2ccc(O)c(C3NCCc4ccccc43)c2c1. The molecule has 0 fully saturated rings. The zero-order chi connectivity index (χ0) is 15.8. The Hall–Kier alpha value is -2.52. The van der Waals surface area contributed by atoms with Crippen LogP contribution in [0.3, 0.4) is 0 Å². The van der Waals surface area contributed by atoms with Crippen molar-refractivity contribution in [2.45, 2.75) is 12.5 Å². The molecule has 0 bridgehead atoms. The highest BCUT2D eigenvalue weighted by Crippen LogP contribution is 2.39. The molecule has 2 N–H and O–H groups in total. The van der Waals surface area contributed by atoms with Crippen LogP contribution in [0.15, 0.2) is 54.6 Å². The highest BCUT2D eigenvalue weighted by atomic mass is 16.5. The highest BCUT2D eigenvalue weighted by Gasteiger charge is 2.25. The Balaban J connectivity index is 1.97. The van der Waals surface area contributed by atoms with Crippen LogP contribution >= 0.6 is 0 Å². The van der Waals surface area contributed by atoms with E-state index in [-0.39, 0.29) is 6.04 Å². The second-order valence-corrected chi connectivity index (χ2v) is 5.92. The van der Waals surface area contributed by atoms with Gasteiger partial charge >= 0.3 is 0 Å². The Kier molecular flexibility index (Phi) is 3.43. The van der Waals surface area contributed by atoms with E-state index in [4.69, 9.17) is 4.74 Å². The minimum Gasteiger partial charge on any atom is -0.508 e. The lowest BCUT2D eigenvalue weighted by atomic mass is 9.87. The number of rotatable bonds is 2. The fourth-order valence-electron chi connectivity index (χ4n) is 3.50. The molecule has 116 valence electrons. The highest BCUT2D eigenvalue weighted by molar-refractivity contribution is 5.90. The summed E-state index contributed by atoms with van der Waals surface area (Å²) in [6, 6.07) is 18.2. The van der Waals surface area contributed by atoms with E-state index in [0.717, 1.165) is 35.1 Å². The molecule has 0 amide bonds. The molecule has 3 aromatic rings. The number of methoxy groups -OCH3 is 1. The first-order valence-electron chi connectivity index (χ1n) is 7.89. The number of hydrogen-bond donors (Lipinski definition) is 2. The van der Waals surface area contributed by atoms with E-state index in [1.165, 1.54) is 11.1 Å². The summed E-state index contributed by atoms with van der Waals surface area (Å²) in [7, 11) is 1.66. The van der Waals surface area contributed by atoms with Gasteiger partial charge in [0.05, 0.1) is 13.2 Å². The average Bonchev–Trinajstić information content (AvgIpc) is 2.61. The normalized spacial score (nSPS) is 17.0. The van der Waals surface area contributed by atoms with Crippen molar-refractivity contribution in [1.82, 2.24) is 5.32 Å². The minimum atomic E-state index is -0.00393. The number of nitrogens with one attached hydrogen (secondary N) is 1. The van der Waals surface area contributed by atoms with Crippen molar-refractivity contribution in [1.29, 1.82) is 0 Å². The number of phenols is 1. The second kappa shape index (κ2) is 5.60. The van der Waals surface area contributed by atoms with Crippen LogP contribution in [0.4, 0.5) is 0 Å². The predicted molar refractivity (Wildman–Crippen MR) is 92.2 cm³/mol. The molecule has 0 aliphatic carbocycles. The minimum absolute atomic E-state index is 0.00393. The average molecular weight is 305 g/mol. The Morgan fingerprint density at radius 1 is 1.09 bits per heavy atom. The number of ether oxygens (including phenoxy) is 1. The number of hydrogen-bond acceptors (Lipinski definition) is 3. The molecule has 3 heteroatoms. The van der Waals surface area contributed by atoms with Crippen molar-refractivity contribution in [2.24, 2.45) is 0 Å². The second-order valence-electron chi connectivity index (χ2n) is 5.92. The maximum atomic E-state index is 10.6. The van der Waals surface area contributed by atoms with Gasteiger partial charge in [-0.3, -0.25) is 0 Å². The van der Waals surface area contributed by atoms with Crippen LogP contribution in [0.5, 0.6) is 11.5 Å². The summed E-state index contributed by atoms with van der Waals surface area (Å²) < 4.78 is 5.37. The summed E-state index contributed by atoms with van der Waals surface area (Å²) in [4.78, 5) is 0. The van der Waals surface area contributed by atoms with Crippen LogP contribution < -0.4 is 10.1 Å². The lowest BCUT2D eigenvalue weighted by Gasteiger charge is -2.28. The summed E-state index contributed by atoms with van der Waals surface area (Å²) >= 11 is 0. The molecular formula is C20H19NO2. The van der Waals surface area contributed by atoms with Crippen molar-refractivity contribution < 1.29 is 9.84 Å². The lowest BCUT2D eigenvalue weighted by molar-refractivity contribution is 0.415. The van der Waals surface area contributed by atoms with E-state index < -0.39 is 0 Å². The van der Waals surface area contributed by atoms with Crippen molar-refractivity contribution in [3.05, 3.63) is 71.3 Å². The zero-order valence-corrected chi connectivity index (χ0v) is 13.0. The maximum Gasteiger partial charge on any atom is 0.121 e. The third-order valence-electron chi connectivity index (χ3n) is 4.64. The third-order valence-corrected chi connectivity index (χ3v) is 4.64. The Bertz CT molecular complexity index is 873. The van der Waals surface area contributed by atoms with Gasteiger partial charge in [0, 0.05) is 12.1 Å². The molecule has 0 saturated heterocycles. The molecule has 1 aliphatic heterocycles. The quantitative estimate of drug-likeness (QED) is 0.757. The summed E-state index contributed by atoms with van der Waals surface area (Å²) in [6.45, 7) is 0.904. The van der Waals surface area contributed by atoms with Crippen molar-refractivity contribution >= 4 is 10.8 Å². The van der Waals surface area contributed by atoms with Gasteiger partial charge < -0.3 is 15.2 Å². The summed E-state index contributed by atoms with van der Waals surface area (Å²) in [5.74, 6) is 1.12. The first-order valence-corrected chi connectivity index (χ1v) is 7.89. The Labute approximate surface area is 135 Å². The molecule has 0 aromatic heterocycles. The monoisotopic (exact) mass is 305 g/mol. The van der Waals surface area contributed by atoms with Gasteiger partial charge in [0.2, 0.25) is 0 Å². The van der Waals surface area contributed by atoms with Gasteiger partial charge in [0.25, 0.3) is 0 Å². The first kappa shape index (κ1) is 14.1. The largest absolute Gasteiger partial charge is 0.508 e. The fraction of sp³-hybridized carbons (Fsp3) is 0.200. The number of benzene rings is 3. The molecule has 3 aromatic carbocycles. The van der Waals surface area contributed by atoms with E-state index in [1.807, 2.05) is 24.3 Å². The maximum absolute atomic E-state index is 10.6. The Morgan fingerprint density at radius 2 is 1.91 bits per heavy atom. The molecule has 1 heterocycles. The van der Waals surface area contributed by atoms with Crippen LogP contribution in [0.2, 0.25) is 0 Å². The lowest BCUT2D eigenvalue weighted by Crippen LogP contribution is -2.30. The van der Waals surface area contributed by atoms with Gasteiger partial charge in [-0.25, -0.2) is 0 Å². The predicted octanol–water partition coefficient (Wildman–Crippen LogP) is 3.79. The third kappa shape index (κ3) is 2.34. The van der Waals surface area contributed by atoms with E-state index in [0.29, 0.717) is 5.75 Å². The van der Waals surface area contributed by atoms with E-state index in [9.17, 15) is 5.11 Å². The van der Waals surface area contributed by atoms with Crippen LogP contribution in [0, 0.1) is 0 Å². The van der Waals surface area contributed by atoms with Crippen LogP contribution in [0.1, 0.15) is 22.7 Å². The fourth-order valence-corrected chi connectivity index (χ4v) is 3.50. The molecule has 23 heavy (non-hydrogen) atoms. The first-order chi connectivity index (χ1) is 11.3. The van der Waals surface area contributed by atoms with Gasteiger partial charge in [-0.05, 0) is 46.5 Å². The summed E-state index contributed by atoms with van der Waals surface area (Å²) in [6.07, 6.45) is 1.02. The number of aromatic hydroxyl groups is 1. The van der Waals surface area contributed by atoms with Crippen molar-refractivity contribution in [3.63, 3.8) is 0 Å².